The van der Waals surface area contributed by atoms with Crippen LogP contribution in [-0.2, 0) is 17.8 Å². The van der Waals surface area contributed by atoms with Gasteiger partial charge >= 0.3 is 0 Å². The fourth-order valence-corrected chi connectivity index (χ4v) is 1.79. The topological polar surface area (TPSA) is 67.2 Å². The van der Waals surface area contributed by atoms with E-state index in [4.69, 9.17) is 18.0 Å². The maximum atomic E-state index is 11.2. The number of rotatable bonds is 1. The summed E-state index contributed by atoms with van der Waals surface area (Å²) >= 11 is 4.79. The van der Waals surface area contributed by atoms with E-state index in [1.165, 1.54) is 0 Å². The molecule has 1 aromatic carbocycles. The molecule has 0 unspecified atom stereocenters. The molecule has 78 valence electrons. The fraction of sp³-hybridized carbons (Fsp3) is 0.200. The lowest BCUT2D eigenvalue weighted by atomic mass is 9.99. The molecule has 5 heteroatoms. The quantitative estimate of drug-likeness (QED) is 0.605. The number of carbonyl (C=O) groups excluding carboxylic acids is 1. The lowest BCUT2D eigenvalue weighted by molar-refractivity contribution is -0.121. The lowest BCUT2D eigenvalue weighted by Crippen LogP contribution is -2.31. The number of amides is 1. The smallest absolute Gasteiger partial charge is 0.224 e. The van der Waals surface area contributed by atoms with Gasteiger partial charge in [-0.3, -0.25) is 4.79 Å². The van der Waals surface area contributed by atoms with Gasteiger partial charge < -0.3 is 16.4 Å². The van der Waals surface area contributed by atoms with Crippen LogP contribution in [0.3, 0.4) is 0 Å². The molecule has 0 spiro atoms. The molecule has 0 radical (unpaired) electrons. The first kappa shape index (κ1) is 9.92. The van der Waals surface area contributed by atoms with Gasteiger partial charge in [0, 0.05) is 12.2 Å². The van der Waals surface area contributed by atoms with Gasteiger partial charge in [0.1, 0.15) is 0 Å². The minimum Gasteiger partial charge on any atom is -0.376 e. The molecule has 0 bridgehead atoms. The third-order valence-corrected chi connectivity index (χ3v) is 2.45. The average Bonchev–Trinajstić information content (AvgIpc) is 2.16. The standard InChI is InChI=1S/C10H11N3OS/c11-10(15)13-8-3-1-2-6-4-9(14)12-5-7(6)8/h1-3H,4-5H2,(H,12,14)(H3,11,13,15). The molecule has 0 saturated carbocycles. The summed E-state index contributed by atoms with van der Waals surface area (Å²) in [6, 6.07) is 5.73. The summed E-state index contributed by atoms with van der Waals surface area (Å²) in [6.07, 6.45) is 0.419. The molecule has 1 amide bonds. The number of fused-ring (bicyclic) bond motifs is 1. The second-order valence-corrected chi connectivity index (χ2v) is 3.83. The Morgan fingerprint density at radius 1 is 1.53 bits per heavy atom. The van der Waals surface area contributed by atoms with Crippen molar-refractivity contribution >= 4 is 28.9 Å². The Balaban J connectivity index is 2.37. The number of thiocarbonyl (C=S) groups is 1. The van der Waals surface area contributed by atoms with Gasteiger partial charge in [-0.2, -0.15) is 0 Å². The lowest BCUT2D eigenvalue weighted by Gasteiger charge is -2.20. The zero-order chi connectivity index (χ0) is 10.8. The van der Waals surface area contributed by atoms with Gasteiger partial charge in [-0.05, 0) is 29.4 Å². The molecule has 2 rings (SSSR count). The number of nitrogens with two attached hydrogens (primary N) is 1. The molecule has 0 aliphatic carbocycles. The van der Waals surface area contributed by atoms with Crippen molar-refractivity contribution in [3.05, 3.63) is 29.3 Å². The summed E-state index contributed by atoms with van der Waals surface area (Å²) in [5.74, 6) is 0.0509. The van der Waals surface area contributed by atoms with Crippen LogP contribution in [0.25, 0.3) is 0 Å². The first-order valence-electron chi connectivity index (χ1n) is 4.61. The van der Waals surface area contributed by atoms with Crippen LogP contribution in [0.4, 0.5) is 5.69 Å². The van der Waals surface area contributed by atoms with Crippen LogP contribution >= 0.6 is 12.2 Å². The Morgan fingerprint density at radius 2 is 2.33 bits per heavy atom. The fourth-order valence-electron chi connectivity index (χ4n) is 1.68. The molecule has 1 aliphatic rings. The zero-order valence-corrected chi connectivity index (χ0v) is 8.86. The van der Waals surface area contributed by atoms with Gasteiger partial charge in [0.25, 0.3) is 0 Å². The van der Waals surface area contributed by atoms with E-state index < -0.39 is 0 Å². The molecule has 1 heterocycles. The Hall–Kier alpha value is -1.62. The van der Waals surface area contributed by atoms with Gasteiger partial charge in [0.05, 0.1) is 6.42 Å². The van der Waals surface area contributed by atoms with Crippen LogP contribution in [0, 0.1) is 0 Å². The van der Waals surface area contributed by atoms with E-state index >= 15 is 0 Å². The van der Waals surface area contributed by atoms with Crippen LogP contribution in [0.15, 0.2) is 18.2 Å². The van der Waals surface area contributed by atoms with Crippen molar-refractivity contribution in [1.82, 2.24) is 5.32 Å². The van der Waals surface area contributed by atoms with Gasteiger partial charge in [-0.15, -0.1) is 0 Å². The predicted molar refractivity (Wildman–Crippen MR) is 62.4 cm³/mol. The molecule has 15 heavy (non-hydrogen) atoms. The summed E-state index contributed by atoms with van der Waals surface area (Å²) in [5.41, 5.74) is 8.38. The number of benzene rings is 1. The number of anilines is 1. The highest BCUT2D eigenvalue weighted by atomic mass is 32.1. The van der Waals surface area contributed by atoms with Crippen molar-refractivity contribution in [3.8, 4) is 0 Å². The van der Waals surface area contributed by atoms with Gasteiger partial charge in [0.15, 0.2) is 5.11 Å². The SMILES string of the molecule is NC(=S)Nc1cccc2c1CNC(=O)C2. The van der Waals surface area contributed by atoms with E-state index in [-0.39, 0.29) is 11.0 Å². The zero-order valence-electron chi connectivity index (χ0n) is 8.04. The second kappa shape index (κ2) is 3.86. The maximum Gasteiger partial charge on any atom is 0.224 e. The molecule has 4 nitrogen and oxygen atoms in total. The molecular weight excluding hydrogens is 210 g/mol. The number of nitrogens with one attached hydrogen (secondary N) is 2. The molecule has 0 fully saturated rings. The summed E-state index contributed by atoms with van der Waals surface area (Å²) in [7, 11) is 0. The van der Waals surface area contributed by atoms with E-state index in [0.29, 0.717) is 13.0 Å². The molecule has 0 atom stereocenters. The predicted octanol–water partition coefficient (Wildman–Crippen LogP) is 0.514. The van der Waals surface area contributed by atoms with Gasteiger partial charge in [-0.1, -0.05) is 12.1 Å². The monoisotopic (exact) mass is 221 g/mol. The summed E-state index contributed by atoms with van der Waals surface area (Å²) in [4.78, 5) is 11.2. The van der Waals surface area contributed by atoms with Crippen molar-refractivity contribution in [2.45, 2.75) is 13.0 Å². The van der Waals surface area contributed by atoms with E-state index in [9.17, 15) is 4.79 Å². The summed E-state index contributed by atoms with van der Waals surface area (Å²) in [5, 5.41) is 5.93. The Kier molecular flexibility index (Phi) is 2.55. The summed E-state index contributed by atoms with van der Waals surface area (Å²) in [6.45, 7) is 0.528. The summed E-state index contributed by atoms with van der Waals surface area (Å²) < 4.78 is 0. The molecular formula is C10H11N3OS. The molecule has 1 aliphatic heterocycles. The minimum absolute atomic E-state index is 0.0509. The van der Waals surface area contributed by atoms with Gasteiger partial charge in [0.2, 0.25) is 5.91 Å². The van der Waals surface area contributed by atoms with E-state index in [1.807, 2.05) is 18.2 Å². The maximum absolute atomic E-state index is 11.2. The van der Waals surface area contributed by atoms with Crippen molar-refractivity contribution < 1.29 is 4.79 Å². The first-order chi connectivity index (χ1) is 7.16. The van der Waals surface area contributed by atoms with E-state index in [1.54, 1.807) is 0 Å². The Labute approximate surface area is 92.8 Å². The normalized spacial score (nSPS) is 14.0. The third kappa shape index (κ3) is 2.07. The van der Waals surface area contributed by atoms with Crippen molar-refractivity contribution in [1.29, 1.82) is 0 Å². The highest BCUT2D eigenvalue weighted by Gasteiger charge is 2.17. The third-order valence-electron chi connectivity index (χ3n) is 2.34. The van der Waals surface area contributed by atoms with Crippen molar-refractivity contribution in [3.63, 3.8) is 0 Å². The highest BCUT2D eigenvalue weighted by Crippen LogP contribution is 2.22. The molecule has 4 N–H and O–H groups in total. The molecule has 1 aromatic rings. The second-order valence-electron chi connectivity index (χ2n) is 3.39. The minimum atomic E-state index is 0.0509. The average molecular weight is 221 g/mol. The van der Waals surface area contributed by atoms with Gasteiger partial charge in [-0.25, -0.2) is 0 Å². The molecule has 0 aromatic heterocycles. The number of carbonyl (C=O) groups is 1. The largest absolute Gasteiger partial charge is 0.376 e. The van der Waals surface area contributed by atoms with Crippen LogP contribution in [0.2, 0.25) is 0 Å². The first-order valence-corrected chi connectivity index (χ1v) is 5.01. The van der Waals surface area contributed by atoms with E-state index in [0.717, 1.165) is 16.8 Å². The van der Waals surface area contributed by atoms with Crippen molar-refractivity contribution in [2.24, 2.45) is 5.73 Å². The van der Waals surface area contributed by atoms with Crippen molar-refractivity contribution in [2.75, 3.05) is 5.32 Å². The highest BCUT2D eigenvalue weighted by molar-refractivity contribution is 7.80. The Bertz CT molecular complexity index is 431. The van der Waals surface area contributed by atoms with Crippen LogP contribution < -0.4 is 16.4 Å². The molecule has 0 saturated heterocycles. The van der Waals surface area contributed by atoms with Crippen LogP contribution in [0.5, 0.6) is 0 Å². The van der Waals surface area contributed by atoms with Crippen LogP contribution in [0.1, 0.15) is 11.1 Å². The van der Waals surface area contributed by atoms with Crippen LogP contribution in [-0.4, -0.2) is 11.0 Å². The number of hydrogen-bond donors (Lipinski definition) is 3. The Morgan fingerprint density at radius 3 is 3.07 bits per heavy atom. The van der Waals surface area contributed by atoms with E-state index in [2.05, 4.69) is 10.6 Å². The number of hydrogen-bond acceptors (Lipinski definition) is 2.